The number of hydrogen-bond donors (Lipinski definition) is 1. The van der Waals surface area contributed by atoms with Crippen LogP contribution in [0.1, 0.15) is 21.5 Å². The first-order valence-electron chi connectivity index (χ1n) is 6.01. The van der Waals surface area contributed by atoms with Crippen molar-refractivity contribution in [3.8, 4) is 0 Å². The maximum absolute atomic E-state index is 12.4. The molecule has 0 aliphatic carbocycles. The van der Waals surface area contributed by atoms with Gasteiger partial charge in [-0.25, -0.2) is 13.2 Å². The molecule has 0 aliphatic heterocycles. The lowest BCUT2D eigenvalue weighted by Gasteiger charge is -2.08. The molecule has 2 rings (SSSR count). The molecule has 0 amide bonds. The van der Waals surface area contributed by atoms with Crippen LogP contribution in [0.2, 0.25) is 0 Å². The Morgan fingerprint density at radius 1 is 1.10 bits per heavy atom. The predicted molar refractivity (Wildman–Crippen MR) is 75.5 cm³/mol. The van der Waals surface area contributed by atoms with Crippen molar-refractivity contribution in [1.82, 2.24) is 0 Å². The van der Waals surface area contributed by atoms with Crippen molar-refractivity contribution in [3.63, 3.8) is 0 Å². The Balaban J connectivity index is 2.36. The van der Waals surface area contributed by atoms with Gasteiger partial charge in [-0.3, -0.25) is 0 Å². The highest BCUT2D eigenvalue weighted by Crippen LogP contribution is 2.20. The minimum absolute atomic E-state index is 0.0856. The number of aryl methyl sites for hydroxylation is 1. The Morgan fingerprint density at radius 3 is 2.45 bits per heavy atom. The second-order valence-electron chi connectivity index (χ2n) is 4.53. The summed E-state index contributed by atoms with van der Waals surface area (Å²) in [6.45, 7) is 1.74. The van der Waals surface area contributed by atoms with Crippen LogP contribution in [0.3, 0.4) is 0 Å². The number of carbonyl (C=O) groups is 1. The smallest absolute Gasteiger partial charge is 0.335 e. The lowest BCUT2D eigenvalue weighted by molar-refractivity contribution is 0.0696. The second kappa shape index (κ2) is 5.46. The van der Waals surface area contributed by atoms with Gasteiger partial charge in [-0.1, -0.05) is 30.3 Å². The van der Waals surface area contributed by atoms with E-state index in [2.05, 4.69) is 0 Å². The Morgan fingerprint density at radius 2 is 1.80 bits per heavy atom. The standard InChI is InChI=1S/C15H14O4S/c1-11-5-2-3-8-14(11)20(18,19)10-12-6-4-7-13(9-12)15(16)17/h2-9H,10H2,1H3,(H,16,17). The van der Waals surface area contributed by atoms with Gasteiger partial charge in [0, 0.05) is 0 Å². The predicted octanol–water partition coefficient (Wildman–Crippen LogP) is 2.67. The summed E-state index contributed by atoms with van der Waals surface area (Å²) < 4.78 is 24.7. The van der Waals surface area contributed by atoms with E-state index in [0.29, 0.717) is 11.1 Å². The molecule has 104 valence electrons. The van der Waals surface area contributed by atoms with Crippen LogP contribution < -0.4 is 0 Å². The molecule has 0 heterocycles. The van der Waals surface area contributed by atoms with Gasteiger partial charge in [-0.2, -0.15) is 0 Å². The van der Waals surface area contributed by atoms with Crippen LogP contribution in [-0.4, -0.2) is 19.5 Å². The minimum Gasteiger partial charge on any atom is -0.478 e. The molecule has 2 aromatic carbocycles. The molecule has 20 heavy (non-hydrogen) atoms. The van der Waals surface area contributed by atoms with E-state index in [4.69, 9.17) is 5.11 Å². The maximum atomic E-state index is 12.4. The Labute approximate surface area is 117 Å². The van der Waals surface area contributed by atoms with Crippen LogP contribution in [0.25, 0.3) is 0 Å². The zero-order valence-electron chi connectivity index (χ0n) is 10.9. The van der Waals surface area contributed by atoms with E-state index in [1.54, 1.807) is 43.3 Å². The molecule has 5 heteroatoms. The van der Waals surface area contributed by atoms with Gasteiger partial charge in [0.2, 0.25) is 0 Å². The zero-order valence-corrected chi connectivity index (χ0v) is 11.7. The van der Waals surface area contributed by atoms with Crippen LogP contribution in [0.15, 0.2) is 53.4 Å². The van der Waals surface area contributed by atoms with Gasteiger partial charge in [0.15, 0.2) is 9.84 Å². The van der Waals surface area contributed by atoms with E-state index in [0.717, 1.165) is 0 Å². The molecule has 1 N–H and O–H groups in total. The molecule has 0 spiro atoms. The average Bonchev–Trinajstić information content (AvgIpc) is 2.38. The molecular weight excluding hydrogens is 276 g/mol. The van der Waals surface area contributed by atoms with E-state index in [9.17, 15) is 13.2 Å². The van der Waals surface area contributed by atoms with Crippen LogP contribution in [0.4, 0.5) is 0 Å². The molecular formula is C15H14O4S. The third kappa shape index (κ3) is 3.05. The van der Waals surface area contributed by atoms with E-state index in [-0.39, 0.29) is 16.2 Å². The fourth-order valence-corrected chi connectivity index (χ4v) is 3.62. The second-order valence-corrected chi connectivity index (χ2v) is 6.49. The van der Waals surface area contributed by atoms with Gasteiger partial charge >= 0.3 is 5.97 Å². The third-order valence-corrected chi connectivity index (χ3v) is 4.80. The van der Waals surface area contributed by atoms with E-state index >= 15 is 0 Å². The molecule has 0 fully saturated rings. The number of carboxylic acid groups (broad SMARTS) is 1. The minimum atomic E-state index is -3.48. The van der Waals surface area contributed by atoms with Crippen molar-refractivity contribution in [2.45, 2.75) is 17.6 Å². The SMILES string of the molecule is Cc1ccccc1S(=O)(=O)Cc1cccc(C(=O)O)c1. The number of sulfone groups is 1. The quantitative estimate of drug-likeness (QED) is 0.939. The topological polar surface area (TPSA) is 71.4 Å². The summed E-state index contributed by atoms with van der Waals surface area (Å²) in [6, 6.07) is 12.7. The first-order chi connectivity index (χ1) is 9.40. The summed E-state index contributed by atoms with van der Waals surface area (Å²) in [5.41, 5.74) is 1.23. The van der Waals surface area contributed by atoms with Crippen LogP contribution >= 0.6 is 0 Å². The average molecular weight is 290 g/mol. The monoisotopic (exact) mass is 290 g/mol. The molecule has 2 aromatic rings. The normalized spacial score (nSPS) is 11.2. The molecule has 4 nitrogen and oxygen atoms in total. The molecule has 0 saturated heterocycles. The highest BCUT2D eigenvalue weighted by atomic mass is 32.2. The van der Waals surface area contributed by atoms with Crippen LogP contribution in [0.5, 0.6) is 0 Å². The maximum Gasteiger partial charge on any atom is 0.335 e. The fraction of sp³-hybridized carbons (Fsp3) is 0.133. The first kappa shape index (κ1) is 14.3. The molecule has 0 atom stereocenters. The molecule has 0 bridgehead atoms. The lowest BCUT2D eigenvalue weighted by atomic mass is 10.1. The highest BCUT2D eigenvalue weighted by molar-refractivity contribution is 7.90. The van der Waals surface area contributed by atoms with Gasteiger partial charge in [0.1, 0.15) is 0 Å². The number of carboxylic acids is 1. The van der Waals surface area contributed by atoms with Crippen molar-refractivity contribution >= 4 is 15.8 Å². The summed E-state index contributed by atoms with van der Waals surface area (Å²) >= 11 is 0. The van der Waals surface area contributed by atoms with E-state index < -0.39 is 15.8 Å². The third-order valence-electron chi connectivity index (χ3n) is 2.96. The first-order valence-corrected chi connectivity index (χ1v) is 7.66. The van der Waals surface area contributed by atoms with Crippen LogP contribution in [-0.2, 0) is 15.6 Å². The highest BCUT2D eigenvalue weighted by Gasteiger charge is 2.17. The molecule has 0 aromatic heterocycles. The summed E-state index contributed by atoms with van der Waals surface area (Å²) in [7, 11) is -3.48. The zero-order chi connectivity index (χ0) is 14.8. The van der Waals surface area contributed by atoms with Crippen molar-refractivity contribution < 1.29 is 18.3 Å². The van der Waals surface area contributed by atoms with Crippen LogP contribution in [0, 0.1) is 6.92 Å². The Hall–Kier alpha value is -2.14. The molecule has 0 aliphatic rings. The Bertz CT molecular complexity index is 748. The van der Waals surface area contributed by atoms with Crippen molar-refractivity contribution in [1.29, 1.82) is 0 Å². The molecule has 0 radical (unpaired) electrons. The van der Waals surface area contributed by atoms with Gasteiger partial charge in [-0.05, 0) is 36.2 Å². The summed E-state index contributed by atoms with van der Waals surface area (Å²) in [5, 5.41) is 8.92. The largest absolute Gasteiger partial charge is 0.478 e. The molecule has 0 unspecified atom stereocenters. The molecule has 0 saturated carbocycles. The lowest BCUT2D eigenvalue weighted by Crippen LogP contribution is -2.07. The summed E-state index contributed by atoms with van der Waals surface area (Å²) in [5.74, 6) is -1.28. The van der Waals surface area contributed by atoms with Crippen molar-refractivity contribution in [2.24, 2.45) is 0 Å². The number of rotatable bonds is 4. The van der Waals surface area contributed by atoms with E-state index in [1.807, 2.05) is 0 Å². The van der Waals surface area contributed by atoms with Gasteiger partial charge in [-0.15, -0.1) is 0 Å². The fourth-order valence-electron chi connectivity index (χ4n) is 2.00. The van der Waals surface area contributed by atoms with Gasteiger partial charge in [0.05, 0.1) is 16.2 Å². The van der Waals surface area contributed by atoms with Crippen molar-refractivity contribution in [3.05, 3.63) is 65.2 Å². The Kier molecular flexibility index (Phi) is 3.90. The van der Waals surface area contributed by atoms with Gasteiger partial charge < -0.3 is 5.11 Å². The number of aromatic carboxylic acids is 1. The summed E-state index contributed by atoms with van der Waals surface area (Å²) in [6.07, 6.45) is 0. The number of benzene rings is 2. The number of hydrogen-bond acceptors (Lipinski definition) is 3. The van der Waals surface area contributed by atoms with E-state index in [1.165, 1.54) is 12.1 Å². The van der Waals surface area contributed by atoms with Gasteiger partial charge in [0.25, 0.3) is 0 Å². The van der Waals surface area contributed by atoms with Crippen molar-refractivity contribution in [2.75, 3.05) is 0 Å². The summed E-state index contributed by atoms with van der Waals surface area (Å²) in [4.78, 5) is 11.2.